The maximum absolute atomic E-state index is 11.7. The molecule has 7 heteroatoms. The maximum Gasteiger partial charge on any atom is 0.389 e. The van der Waals surface area contributed by atoms with Crippen LogP contribution in [0.2, 0.25) is 0 Å². The molecule has 1 aromatic heterocycles. The summed E-state index contributed by atoms with van der Waals surface area (Å²) in [6.07, 6.45) is -2.90. The van der Waals surface area contributed by atoms with Gasteiger partial charge in [-0.3, -0.25) is 0 Å². The second-order valence-corrected chi connectivity index (χ2v) is 3.50. The van der Waals surface area contributed by atoms with Crippen LogP contribution in [-0.2, 0) is 6.42 Å². The highest BCUT2D eigenvalue weighted by Crippen LogP contribution is 2.22. The molecule has 1 aromatic rings. The smallest absolute Gasteiger partial charge is 0.337 e. The Kier molecular flexibility index (Phi) is 5.51. The molecule has 0 aliphatic rings. The van der Waals surface area contributed by atoms with Crippen molar-refractivity contribution in [3.8, 4) is 0 Å². The van der Waals surface area contributed by atoms with E-state index in [9.17, 15) is 13.2 Å². The van der Waals surface area contributed by atoms with Crippen molar-refractivity contribution < 1.29 is 13.2 Å². The first-order chi connectivity index (χ1) is 5.97. The Morgan fingerprint density at radius 1 is 1.43 bits per heavy atom. The molecule has 0 saturated heterocycles. The Morgan fingerprint density at radius 3 is 2.50 bits per heavy atom. The normalized spacial score (nSPS) is 11.1. The number of aromatic nitrogens is 2. The zero-order valence-electron chi connectivity index (χ0n) is 7.07. The van der Waals surface area contributed by atoms with E-state index < -0.39 is 12.6 Å². The number of hydrogen-bond donors (Lipinski definition) is 1. The predicted molar refractivity (Wildman–Crippen MR) is 52.5 cm³/mol. The van der Waals surface area contributed by atoms with Gasteiger partial charge in [0.25, 0.3) is 0 Å². The summed E-state index contributed by atoms with van der Waals surface area (Å²) in [5.74, 6) is 0.580. The van der Waals surface area contributed by atoms with Crippen LogP contribution < -0.4 is 0 Å². The quantitative estimate of drug-likeness (QED) is 0.908. The molecule has 0 atom stereocenters. The molecule has 1 rings (SSSR count). The van der Waals surface area contributed by atoms with Crippen LogP contribution in [0.4, 0.5) is 13.2 Å². The van der Waals surface area contributed by atoms with Gasteiger partial charge in [-0.05, 0) is 22.4 Å². The van der Waals surface area contributed by atoms with Crippen LogP contribution in [0.15, 0.2) is 10.8 Å². The molecule has 0 saturated carbocycles. The van der Waals surface area contributed by atoms with Gasteiger partial charge in [0.15, 0.2) is 0 Å². The van der Waals surface area contributed by atoms with E-state index in [4.69, 9.17) is 0 Å². The molecule has 0 spiro atoms. The number of nitrogens with zero attached hydrogens (tertiary/aromatic N) is 1. The fourth-order valence-electron chi connectivity index (χ4n) is 0.920. The summed E-state index contributed by atoms with van der Waals surface area (Å²) in [4.78, 5) is 6.67. The molecular weight excluding hydrogens is 284 g/mol. The summed E-state index contributed by atoms with van der Waals surface area (Å²) in [6, 6.07) is 0. The molecule has 0 radical (unpaired) electrons. The van der Waals surface area contributed by atoms with Crippen molar-refractivity contribution in [3.05, 3.63) is 16.6 Å². The van der Waals surface area contributed by atoms with Crippen LogP contribution in [0.5, 0.6) is 0 Å². The number of aryl methyl sites for hydroxylation is 1. The number of alkyl halides is 3. The molecule has 0 aliphatic heterocycles. The van der Waals surface area contributed by atoms with Crippen LogP contribution >= 0.6 is 28.3 Å². The molecule has 2 nitrogen and oxygen atoms in total. The summed E-state index contributed by atoms with van der Waals surface area (Å²) in [5.41, 5.74) is 0. The third kappa shape index (κ3) is 5.49. The van der Waals surface area contributed by atoms with E-state index in [1.165, 1.54) is 6.20 Å². The van der Waals surface area contributed by atoms with Gasteiger partial charge < -0.3 is 4.98 Å². The summed E-state index contributed by atoms with van der Waals surface area (Å²) in [5, 5.41) is 0. The van der Waals surface area contributed by atoms with Gasteiger partial charge in [0.05, 0.1) is 6.20 Å². The van der Waals surface area contributed by atoms with E-state index in [-0.39, 0.29) is 18.8 Å². The minimum atomic E-state index is -4.07. The number of nitrogens with one attached hydrogen (secondary N) is 1. The predicted octanol–water partition coefficient (Wildman–Crippen LogP) is 3.48. The lowest BCUT2D eigenvalue weighted by Gasteiger charge is -2.03. The number of H-pyrrole nitrogens is 1. The van der Waals surface area contributed by atoms with Crippen molar-refractivity contribution in [3.63, 3.8) is 0 Å². The molecule has 0 amide bonds. The Hall–Kier alpha value is -0.230. The molecule has 14 heavy (non-hydrogen) atoms. The van der Waals surface area contributed by atoms with Gasteiger partial charge in [0.1, 0.15) is 10.4 Å². The summed E-state index contributed by atoms with van der Waals surface area (Å²) < 4.78 is 35.9. The Bertz CT molecular complexity index is 274. The van der Waals surface area contributed by atoms with Crippen molar-refractivity contribution in [1.82, 2.24) is 9.97 Å². The largest absolute Gasteiger partial charge is 0.389 e. The van der Waals surface area contributed by atoms with Crippen molar-refractivity contribution in [2.75, 3.05) is 0 Å². The first-order valence-corrected chi connectivity index (χ1v) is 4.53. The standard InChI is InChI=1S/C7H8BrF3N2.ClH/c8-5-4-12-6(13-5)2-1-3-7(9,10)11;/h4H,1-3H2,(H,12,13);1H. The number of rotatable bonds is 3. The fraction of sp³-hybridized carbons (Fsp3) is 0.571. The molecular formula is C7H9BrClF3N2. The molecule has 1 heterocycles. The van der Waals surface area contributed by atoms with E-state index in [2.05, 4.69) is 25.9 Å². The molecule has 82 valence electrons. The minimum absolute atomic E-state index is 0. The van der Waals surface area contributed by atoms with Gasteiger partial charge in [-0.25, -0.2) is 4.98 Å². The van der Waals surface area contributed by atoms with Gasteiger partial charge in [0, 0.05) is 12.8 Å². The molecule has 0 bridgehead atoms. The lowest BCUT2D eigenvalue weighted by molar-refractivity contribution is -0.135. The van der Waals surface area contributed by atoms with Crippen molar-refractivity contribution in [2.45, 2.75) is 25.4 Å². The van der Waals surface area contributed by atoms with Crippen molar-refractivity contribution in [2.24, 2.45) is 0 Å². The minimum Gasteiger partial charge on any atom is -0.337 e. The average molecular weight is 294 g/mol. The highest BCUT2D eigenvalue weighted by molar-refractivity contribution is 9.10. The van der Waals surface area contributed by atoms with E-state index in [1.807, 2.05) is 0 Å². The molecule has 0 unspecified atom stereocenters. The Balaban J connectivity index is 0.00000169. The first kappa shape index (κ1) is 13.8. The van der Waals surface area contributed by atoms with Crippen molar-refractivity contribution in [1.29, 1.82) is 0 Å². The fourth-order valence-corrected chi connectivity index (χ4v) is 1.25. The van der Waals surface area contributed by atoms with Gasteiger partial charge in [0.2, 0.25) is 0 Å². The molecule has 0 fully saturated rings. The summed E-state index contributed by atoms with van der Waals surface area (Å²) >= 11 is 3.12. The highest BCUT2D eigenvalue weighted by Gasteiger charge is 2.26. The van der Waals surface area contributed by atoms with Gasteiger partial charge >= 0.3 is 6.18 Å². The molecule has 1 N–H and O–H groups in total. The topological polar surface area (TPSA) is 28.7 Å². The number of hydrogen-bond acceptors (Lipinski definition) is 1. The van der Waals surface area contributed by atoms with Crippen LogP contribution in [-0.4, -0.2) is 16.1 Å². The first-order valence-electron chi connectivity index (χ1n) is 3.73. The lowest BCUT2D eigenvalue weighted by atomic mass is 10.2. The molecule has 0 aromatic carbocycles. The van der Waals surface area contributed by atoms with E-state index in [0.717, 1.165) is 0 Å². The van der Waals surface area contributed by atoms with E-state index >= 15 is 0 Å². The Labute approximate surface area is 93.8 Å². The van der Waals surface area contributed by atoms with Crippen LogP contribution in [0.3, 0.4) is 0 Å². The third-order valence-electron chi connectivity index (χ3n) is 1.47. The zero-order valence-corrected chi connectivity index (χ0v) is 9.47. The second kappa shape index (κ2) is 5.60. The van der Waals surface area contributed by atoms with Gasteiger partial charge in [-0.15, -0.1) is 12.4 Å². The lowest BCUT2D eigenvalue weighted by Crippen LogP contribution is -2.07. The van der Waals surface area contributed by atoms with Gasteiger partial charge in [-0.1, -0.05) is 0 Å². The summed E-state index contributed by atoms with van der Waals surface area (Å²) in [6.45, 7) is 0. The van der Waals surface area contributed by atoms with Crippen LogP contribution in [0.25, 0.3) is 0 Å². The summed E-state index contributed by atoms with van der Waals surface area (Å²) in [7, 11) is 0. The zero-order chi connectivity index (χ0) is 9.90. The van der Waals surface area contributed by atoms with Gasteiger partial charge in [-0.2, -0.15) is 13.2 Å². The van der Waals surface area contributed by atoms with E-state index in [1.54, 1.807) is 0 Å². The number of aromatic amines is 1. The monoisotopic (exact) mass is 292 g/mol. The second-order valence-electron chi connectivity index (χ2n) is 2.65. The Morgan fingerprint density at radius 2 is 2.07 bits per heavy atom. The van der Waals surface area contributed by atoms with Crippen LogP contribution in [0.1, 0.15) is 18.7 Å². The van der Waals surface area contributed by atoms with E-state index in [0.29, 0.717) is 16.8 Å². The maximum atomic E-state index is 11.7. The molecule has 0 aliphatic carbocycles. The number of imidazole rings is 1. The van der Waals surface area contributed by atoms with Crippen LogP contribution in [0, 0.1) is 0 Å². The SMILES string of the molecule is Cl.FC(F)(F)CCCc1ncc(Br)[nH]1. The number of halogens is 5. The highest BCUT2D eigenvalue weighted by atomic mass is 79.9. The van der Waals surface area contributed by atoms with Crippen molar-refractivity contribution >= 4 is 28.3 Å². The average Bonchev–Trinajstić information content (AvgIpc) is 2.33. The third-order valence-corrected chi connectivity index (χ3v) is 1.87.